The van der Waals surface area contributed by atoms with Crippen LogP contribution in [0.1, 0.15) is 39.5 Å². The predicted molar refractivity (Wildman–Crippen MR) is 54.6 cm³/mol. The number of hydrogen-bond acceptors (Lipinski definition) is 2. The van der Waals surface area contributed by atoms with Gasteiger partial charge < -0.3 is 10.2 Å². The molecule has 5 heteroatoms. The summed E-state index contributed by atoms with van der Waals surface area (Å²) in [6.07, 6.45) is 3.34. The minimum absolute atomic E-state index is 0.806. The van der Waals surface area contributed by atoms with E-state index in [4.69, 9.17) is 10.2 Å². The van der Waals surface area contributed by atoms with Gasteiger partial charge in [-0.2, -0.15) is 0 Å². The van der Waals surface area contributed by atoms with Crippen molar-refractivity contribution in [3.05, 3.63) is 0 Å². The molecule has 78 valence electrons. The molecule has 2 N–H and O–H groups in total. The van der Waals surface area contributed by atoms with Crippen LogP contribution in [0.3, 0.4) is 0 Å². The quantitative estimate of drug-likeness (QED) is 0.518. The van der Waals surface area contributed by atoms with Gasteiger partial charge >= 0.3 is 67.4 Å². The Balaban J connectivity index is 0. The zero-order valence-electron chi connectivity index (χ0n) is 9.12. The third-order valence-corrected chi connectivity index (χ3v) is 1.44. The van der Waals surface area contributed by atoms with Crippen molar-refractivity contribution in [2.45, 2.75) is 44.1 Å². The van der Waals surface area contributed by atoms with Crippen molar-refractivity contribution in [1.29, 1.82) is 0 Å². The van der Waals surface area contributed by atoms with Crippen LogP contribution in [0.25, 0.3) is 0 Å². The summed E-state index contributed by atoms with van der Waals surface area (Å²) in [4.78, 5) is 18.9. The molecule has 0 amide bonds. The van der Waals surface area contributed by atoms with Crippen LogP contribution in [-0.4, -0.2) is 39.9 Å². The first-order valence-electron chi connectivity index (χ1n) is 4.83. The molecule has 4 nitrogen and oxygen atoms in total. The van der Waals surface area contributed by atoms with Crippen LogP contribution >= 0.6 is 0 Å². The first kappa shape index (κ1) is 16.0. The van der Waals surface area contributed by atoms with Crippen LogP contribution in [0.15, 0.2) is 0 Å². The van der Waals surface area contributed by atoms with Crippen LogP contribution in [0.2, 0.25) is 4.59 Å². The molecule has 0 radical (unpaired) electrons. The molecule has 0 saturated carbocycles. The Labute approximate surface area is 93.9 Å². The van der Waals surface area contributed by atoms with Gasteiger partial charge in [-0.05, 0) is 0 Å². The third-order valence-electron chi connectivity index (χ3n) is 1.44. The topological polar surface area (TPSA) is 74.6 Å². The Kier molecular flexibility index (Phi) is 12.1. The van der Waals surface area contributed by atoms with E-state index in [0.717, 1.165) is 4.59 Å². The summed E-state index contributed by atoms with van der Waals surface area (Å²) in [5.74, 6) is -2.62. The number of carboxylic acid groups (broad SMARTS) is 2. The van der Waals surface area contributed by atoms with Crippen molar-refractivity contribution in [3.63, 3.8) is 0 Å². The second kappa shape index (κ2) is 10.6. The van der Waals surface area contributed by atoms with E-state index in [1.807, 2.05) is 0 Å². The van der Waals surface area contributed by atoms with Crippen LogP contribution in [0.4, 0.5) is 0 Å². The summed E-state index contributed by atoms with van der Waals surface area (Å²) in [5, 5.41) is 15.4. The predicted octanol–water partition coefficient (Wildman–Crippen LogP) is 1.70. The number of hydrogen-bond donors (Lipinski definition) is 2. The third kappa shape index (κ3) is 22.5. The molecule has 0 heterocycles. The standard InChI is InChI=1S/C6H13.C3H4O4.Li/c1-3-5-6-4-2;4-2(5)1-3(6)7;/h3H,4-6H2,1-2H3;1H2,(H,4,5)(H,6,7);. The average molecular weight is 196 g/mol. The Hall–Kier alpha value is -0.463. The zero-order valence-corrected chi connectivity index (χ0v) is 9.12. The van der Waals surface area contributed by atoms with E-state index >= 15 is 0 Å². The first-order valence-corrected chi connectivity index (χ1v) is 4.83. The van der Waals surface area contributed by atoms with Crippen molar-refractivity contribution in [2.75, 3.05) is 0 Å². The number of carboxylic acids is 2. The summed E-state index contributed by atoms with van der Waals surface area (Å²) in [5.41, 5.74) is 0. The molecule has 1 atom stereocenters. The molecule has 0 aromatic carbocycles. The monoisotopic (exact) mass is 196 g/mol. The first-order chi connectivity index (χ1) is 6.40. The molecule has 1 unspecified atom stereocenters. The number of aliphatic carboxylic acids is 2. The van der Waals surface area contributed by atoms with Gasteiger partial charge in [-0.15, -0.1) is 0 Å². The van der Waals surface area contributed by atoms with E-state index in [0.29, 0.717) is 0 Å². The molecule has 0 fully saturated rings. The Morgan fingerprint density at radius 1 is 1.29 bits per heavy atom. The second-order valence-corrected chi connectivity index (χ2v) is 3.50. The van der Waals surface area contributed by atoms with Crippen molar-refractivity contribution in [1.82, 2.24) is 0 Å². The van der Waals surface area contributed by atoms with E-state index in [1.165, 1.54) is 19.3 Å². The van der Waals surface area contributed by atoms with E-state index < -0.39 is 18.4 Å². The molecular formula is C9H17LiO4. The van der Waals surface area contributed by atoms with Crippen molar-refractivity contribution < 1.29 is 19.8 Å². The van der Waals surface area contributed by atoms with Crippen molar-refractivity contribution in [3.8, 4) is 0 Å². The fraction of sp³-hybridized carbons (Fsp3) is 0.778. The molecule has 0 aliphatic carbocycles. The van der Waals surface area contributed by atoms with Crippen LogP contribution in [0.5, 0.6) is 0 Å². The van der Waals surface area contributed by atoms with Gasteiger partial charge in [0.2, 0.25) is 0 Å². The van der Waals surface area contributed by atoms with Crippen LogP contribution in [0, 0.1) is 0 Å². The maximum atomic E-state index is 9.43. The molecular weight excluding hydrogens is 179 g/mol. The van der Waals surface area contributed by atoms with Gasteiger partial charge in [0, 0.05) is 0 Å². The molecule has 0 spiro atoms. The molecule has 0 aliphatic rings. The number of carbonyl (C=O) groups is 2. The summed E-state index contributed by atoms with van der Waals surface area (Å²) in [6, 6.07) is 0. The Bertz CT molecular complexity index is 156. The fourth-order valence-electron chi connectivity index (χ4n) is 0.742. The Morgan fingerprint density at radius 3 is 1.79 bits per heavy atom. The molecule has 14 heavy (non-hydrogen) atoms. The van der Waals surface area contributed by atoms with Crippen LogP contribution < -0.4 is 0 Å². The molecule has 0 rings (SSSR count). The number of rotatable bonds is 5. The van der Waals surface area contributed by atoms with Gasteiger partial charge in [0.05, 0.1) is 0 Å². The minimum atomic E-state index is -1.31. The van der Waals surface area contributed by atoms with Crippen LogP contribution in [-0.2, 0) is 9.59 Å². The maximum absolute atomic E-state index is 9.43. The molecule has 0 saturated heterocycles. The van der Waals surface area contributed by atoms with Crippen molar-refractivity contribution >= 4 is 29.7 Å². The van der Waals surface area contributed by atoms with E-state index in [1.54, 1.807) is 0 Å². The van der Waals surface area contributed by atoms with Gasteiger partial charge in [-0.1, -0.05) is 0 Å². The molecule has 0 aromatic heterocycles. The van der Waals surface area contributed by atoms with Gasteiger partial charge in [-0.25, -0.2) is 0 Å². The van der Waals surface area contributed by atoms with Gasteiger partial charge in [0.1, 0.15) is 6.42 Å². The second-order valence-electron chi connectivity index (χ2n) is 3.50. The SMILES string of the molecule is O=C(O)CC(=O)O.[Li][CH](C)CCCC. The van der Waals surface area contributed by atoms with Gasteiger partial charge in [0.25, 0.3) is 0 Å². The Morgan fingerprint density at radius 2 is 1.71 bits per heavy atom. The fourth-order valence-corrected chi connectivity index (χ4v) is 0.742. The van der Waals surface area contributed by atoms with E-state index in [-0.39, 0.29) is 0 Å². The molecule has 0 aromatic rings. The summed E-state index contributed by atoms with van der Waals surface area (Å²) < 4.78 is 0.903. The van der Waals surface area contributed by atoms with E-state index in [9.17, 15) is 9.59 Å². The normalized spacial score (nSPS) is 11.1. The summed E-state index contributed by atoms with van der Waals surface area (Å²) in [7, 11) is 0. The summed E-state index contributed by atoms with van der Waals surface area (Å²) in [6.45, 7) is 4.51. The van der Waals surface area contributed by atoms with Gasteiger partial charge in [0.15, 0.2) is 0 Å². The summed E-state index contributed by atoms with van der Waals surface area (Å²) >= 11 is 2.27. The number of unbranched alkanes of at least 4 members (excludes halogenated alkanes) is 1. The molecule has 0 bridgehead atoms. The average Bonchev–Trinajstić information content (AvgIpc) is 1.99. The zero-order chi connectivity index (χ0) is 11.6. The van der Waals surface area contributed by atoms with E-state index in [2.05, 4.69) is 31.6 Å². The van der Waals surface area contributed by atoms with Crippen molar-refractivity contribution in [2.24, 2.45) is 0 Å². The molecule has 0 aliphatic heterocycles. The van der Waals surface area contributed by atoms with Gasteiger partial charge in [-0.3, -0.25) is 9.59 Å².